The van der Waals surface area contributed by atoms with Gasteiger partial charge in [-0.1, -0.05) is 15.9 Å². The molecule has 2 rings (SSSR count). The molecule has 0 amide bonds. The molecule has 1 aromatic carbocycles. The lowest BCUT2D eigenvalue weighted by Gasteiger charge is -2.15. The van der Waals surface area contributed by atoms with Crippen LogP contribution in [0.4, 0.5) is 5.82 Å². The predicted molar refractivity (Wildman–Crippen MR) is 73.5 cm³/mol. The molecule has 1 aromatic heterocycles. The summed E-state index contributed by atoms with van der Waals surface area (Å²) in [6, 6.07) is 5.87. The molecule has 18 heavy (non-hydrogen) atoms. The summed E-state index contributed by atoms with van der Waals surface area (Å²) in [5.41, 5.74) is 0.891. The largest absolute Gasteiger partial charge is 0.364 e. The van der Waals surface area contributed by atoms with Crippen molar-refractivity contribution in [3.63, 3.8) is 0 Å². The normalized spacial score (nSPS) is 11.1. The van der Waals surface area contributed by atoms with Crippen molar-refractivity contribution in [3.05, 3.63) is 29.0 Å². The van der Waals surface area contributed by atoms with Crippen molar-refractivity contribution in [3.8, 4) is 0 Å². The SMILES string of the molecule is COC(CNc1ncnc2ccc(Br)cc12)OC. The van der Waals surface area contributed by atoms with Crippen molar-refractivity contribution < 1.29 is 9.47 Å². The lowest BCUT2D eigenvalue weighted by atomic mass is 10.2. The van der Waals surface area contributed by atoms with E-state index in [0.29, 0.717) is 6.54 Å². The molecule has 0 aliphatic carbocycles. The van der Waals surface area contributed by atoms with E-state index >= 15 is 0 Å². The van der Waals surface area contributed by atoms with Gasteiger partial charge in [-0.15, -0.1) is 0 Å². The Morgan fingerprint density at radius 1 is 1.28 bits per heavy atom. The quantitative estimate of drug-likeness (QED) is 0.859. The van der Waals surface area contributed by atoms with Crippen LogP contribution in [0, 0.1) is 0 Å². The van der Waals surface area contributed by atoms with Crippen LogP contribution in [0.5, 0.6) is 0 Å². The summed E-state index contributed by atoms with van der Waals surface area (Å²) in [4.78, 5) is 8.45. The minimum Gasteiger partial charge on any atom is -0.364 e. The number of nitrogens with one attached hydrogen (secondary N) is 1. The molecule has 1 N–H and O–H groups in total. The first kappa shape index (κ1) is 13.2. The van der Waals surface area contributed by atoms with Crippen molar-refractivity contribution in [1.82, 2.24) is 9.97 Å². The van der Waals surface area contributed by atoms with E-state index in [1.165, 1.54) is 6.33 Å². The van der Waals surface area contributed by atoms with Crippen LogP contribution in [0.1, 0.15) is 0 Å². The summed E-state index contributed by atoms with van der Waals surface area (Å²) < 4.78 is 11.2. The van der Waals surface area contributed by atoms with Gasteiger partial charge in [0.1, 0.15) is 12.1 Å². The number of nitrogens with zero attached hydrogens (tertiary/aromatic N) is 2. The van der Waals surface area contributed by atoms with Crippen molar-refractivity contribution in [2.45, 2.75) is 6.29 Å². The molecule has 0 fully saturated rings. The van der Waals surface area contributed by atoms with Crippen LogP contribution in [0.25, 0.3) is 10.9 Å². The topological polar surface area (TPSA) is 56.3 Å². The highest BCUT2D eigenvalue weighted by Gasteiger charge is 2.08. The Morgan fingerprint density at radius 3 is 2.78 bits per heavy atom. The molecular weight excluding hydrogens is 298 g/mol. The lowest BCUT2D eigenvalue weighted by Crippen LogP contribution is -2.24. The number of benzene rings is 1. The van der Waals surface area contributed by atoms with E-state index in [1.54, 1.807) is 14.2 Å². The maximum atomic E-state index is 5.12. The summed E-state index contributed by atoms with van der Waals surface area (Å²) in [5.74, 6) is 0.764. The number of aromatic nitrogens is 2. The molecule has 0 saturated carbocycles. The van der Waals surface area contributed by atoms with Crippen LogP contribution in [0.2, 0.25) is 0 Å². The highest BCUT2D eigenvalue weighted by atomic mass is 79.9. The maximum Gasteiger partial charge on any atom is 0.173 e. The van der Waals surface area contributed by atoms with Gasteiger partial charge in [-0.05, 0) is 18.2 Å². The molecule has 2 aromatic rings. The van der Waals surface area contributed by atoms with Crippen molar-refractivity contribution >= 4 is 32.7 Å². The minimum absolute atomic E-state index is 0.304. The second kappa shape index (κ2) is 6.08. The number of hydrogen-bond donors (Lipinski definition) is 1. The van der Waals surface area contributed by atoms with Gasteiger partial charge in [0.2, 0.25) is 0 Å². The van der Waals surface area contributed by atoms with Crippen molar-refractivity contribution in [2.24, 2.45) is 0 Å². The van der Waals surface area contributed by atoms with Crippen LogP contribution in [0.3, 0.4) is 0 Å². The molecule has 0 aliphatic rings. The Kier molecular flexibility index (Phi) is 4.46. The predicted octanol–water partition coefficient (Wildman–Crippen LogP) is 2.42. The molecule has 0 unspecified atom stereocenters. The van der Waals surface area contributed by atoms with Gasteiger partial charge >= 0.3 is 0 Å². The molecule has 0 aliphatic heterocycles. The molecule has 0 atom stereocenters. The van der Waals surface area contributed by atoms with E-state index in [9.17, 15) is 0 Å². The monoisotopic (exact) mass is 311 g/mol. The Morgan fingerprint density at radius 2 is 2.06 bits per heavy atom. The fourth-order valence-corrected chi connectivity index (χ4v) is 1.97. The molecule has 0 radical (unpaired) electrons. The van der Waals surface area contributed by atoms with Gasteiger partial charge in [0, 0.05) is 24.1 Å². The average molecular weight is 312 g/mol. The molecule has 6 heteroatoms. The van der Waals surface area contributed by atoms with E-state index in [-0.39, 0.29) is 6.29 Å². The van der Waals surface area contributed by atoms with Crippen LogP contribution >= 0.6 is 15.9 Å². The van der Waals surface area contributed by atoms with E-state index < -0.39 is 0 Å². The van der Waals surface area contributed by atoms with Crippen LogP contribution < -0.4 is 5.32 Å². The highest BCUT2D eigenvalue weighted by Crippen LogP contribution is 2.23. The number of hydrogen-bond acceptors (Lipinski definition) is 5. The molecule has 0 saturated heterocycles. The summed E-state index contributed by atoms with van der Waals surface area (Å²) in [5, 5.41) is 4.15. The van der Waals surface area contributed by atoms with Crippen molar-refractivity contribution in [2.75, 3.05) is 26.1 Å². The zero-order valence-corrected chi connectivity index (χ0v) is 11.8. The van der Waals surface area contributed by atoms with Gasteiger partial charge in [0.05, 0.1) is 12.1 Å². The van der Waals surface area contributed by atoms with E-state index in [0.717, 1.165) is 21.2 Å². The number of methoxy groups -OCH3 is 2. The van der Waals surface area contributed by atoms with Gasteiger partial charge < -0.3 is 14.8 Å². The molecular formula is C12H14BrN3O2. The molecule has 0 bridgehead atoms. The third-order valence-corrected chi connectivity index (χ3v) is 3.05. The fourth-order valence-electron chi connectivity index (χ4n) is 1.61. The van der Waals surface area contributed by atoms with Gasteiger partial charge in [-0.3, -0.25) is 0 Å². The van der Waals surface area contributed by atoms with Crippen LogP contribution in [0.15, 0.2) is 29.0 Å². The van der Waals surface area contributed by atoms with Gasteiger partial charge in [0.25, 0.3) is 0 Å². The van der Waals surface area contributed by atoms with Crippen LogP contribution in [-0.4, -0.2) is 37.0 Å². The first-order valence-corrected chi connectivity index (χ1v) is 6.23. The van der Waals surface area contributed by atoms with Crippen LogP contribution in [-0.2, 0) is 9.47 Å². The van der Waals surface area contributed by atoms with E-state index in [1.807, 2.05) is 18.2 Å². The lowest BCUT2D eigenvalue weighted by molar-refractivity contribution is -0.0914. The molecule has 96 valence electrons. The third-order valence-electron chi connectivity index (χ3n) is 2.56. The smallest absolute Gasteiger partial charge is 0.173 e. The average Bonchev–Trinajstić information content (AvgIpc) is 2.40. The number of halogens is 1. The Balaban J connectivity index is 2.24. The third kappa shape index (κ3) is 2.95. The summed E-state index contributed by atoms with van der Waals surface area (Å²) in [7, 11) is 3.20. The molecule has 1 heterocycles. The second-order valence-electron chi connectivity index (χ2n) is 3.67. The van der Waals surface area contributed by atoms with Crippen molar-refractivity contribution in [1.29, 1.82) is 0 Å². The molecule has 0 spiro atoms. The highest BCUT2D eigenvalue weighted by molar-refractivity contribution is 9.10. The minimum atomic E-state index is -0.304. The summed E-state index contributed by atoms with van der Waals surface area (Å²) in [6.07, 6.45) is 1.23. The zero-order chi connectivity index (χ0) is 13.0. The summed E-state index contributed by atoms with van der Waals surface area (Å²) >= 11 is 3.44. The van der Waals surface area contributed by atoms with E-state index in [4.69, 9.17) is 9.47 Å². The zero-order valence-electron chi connectivity index (χ0n) is 10.2. The first-order chi connectivity index (χ1) is 8.74. The molecule has 5 nitrogen and oxygen atoms in total. The van der Waals surface area contributed by atoms with Gasteiger partial charge in [-0.2, -0.15) is 0 Å². The van der Waals surface area contributed by atoms with Gasteiger partial charge in [0.15, 0.2) is 6.29 Å². The number of ether oxygens (including phenoxy) is 2. The Hall–Kier alpha value is -1.24. The first-order valence-electron chi connectivity index (χ1n) is 5.44. The number of fused-ring (bicyclic) bond motifs is 1. The van der Waals surface area contributed by atoms with Gasteiger partial charge in [-0.25, -0.2) is 9.97 Å². The number of rotatable bonds is 5. The standard InChI is InChI=1S/C12H14BrN3O2/c1-17-11(18-2)6-14-12-9-5-8(13)3-4-10(9)15-7-16-12/h3-5,7,11H,6H2,1-2H3,(H,14,15,16). The Labute approximate surface area is 114 Å². The number of anilines is 1. The Bertz CT molecular complexity index is 532. The fraction of sp³-hybridized carbons (Fsp3) is 0.333. The summed E-state index contributed by atoms with van der Waals surface area (Å²) in [6.45, 7) is 0.519. The van der Waals surface area contributed by atoms with E-state index in [2.05, 4.69) is 31.2 Å². The second-order valence-corrected chi connectivity index (χ2v) is 4.58. The maximum absolute atomic E-state index is 5.12.